The molecule has 0 aliphatic heterocycles. The van der Waals surface area contributed by atoms with Crippen molar-refractivity contribution in [1.82, 2.24) is 25.6 Å². The second-order valence-electron chi connectivity index (χ2n) is 17.4. The third-order valence-electron chi connectivity index (χ3n) is 10.5. The van der Waals surface area contributed by atoms with E-state index in [9.17, 15) is 52.8 Å². The molecular weight excluding hydrogens is 1300 g/mol. The van der Waals surface area contributed by atoms with E-state index >= 15 is 0 Å². The summed E-state index contributed by atoms with van der Waals surface area (Å²) in [5.41, 5.74) is 6.40. The van der Waals surface area contributed by atoms with E-state index in [1.807, 2.05) is 51.1 Å². The first-order valence-electron chi connectivity index (χ1n) is 22.6. The fourth-order valence-electron chi connectivity index (χ4n) is 6.33. The van der Waals surface area contributed by atoms with Crippen LogP contribution in [-0.4, -0.2) is 110 Å². The minimum atomic E-state index is -3.49. The maximum Gasteiger partial charge on any atom is 0.337 e. The number of amides is 2. The van der Waals surface area contributed by atoms with Crippen LogP contribution >= 0.6 is 47.8 Å². The number of carbonyl (C=O) groups is 4. The SMILES string of the molecule is COC(=O)c1cc(Br)cc(S(C)(=O)=O)c1.CS(=O)(=O)c1cc(Br)cc(C(=O)O)c1.Cc1ccc(-c2cc(C(=O)NCc3ccc(C)nc3)cc(S(C)(=O)=O)c2)nc1.Cc1ccc(CNC(=O)c2cc(Br)cc(S(C)(=O)=O)c2)cn1. The van der Waals surface area contributed by atoms with Crippen LogP contribution in [0.4, 0.5) is 0 Å². The second-order valence-corrected chi connectivity index (χ2v) is 28.2. The van der Waals surface area contributed by atoms with Crippen LogP contribution in [0.2, 0.25) is 0 Å². The number of carboxylic acids is 1. The summed E-state index contributed by atoms with van der Waals surface area (Å²) in [6, 6.07) is 28.2. The number of rotatable bonds is 13. The highest BCUT2D eigenvalue weighted by atomic mass is 79.9. The first-order valence-corrected chi connectivity index (χ1v) is 32.6. The normalized spacial score (nSPS) is 11.2. The zero-order valence-electron chi connectivity index (χ0n) is 43.4. The Kier molecular flexibility index (Phi) is 23.1. The molecule has 0 unspecified atom stereocenters. The number of nitrogens with zero attached hydrogens (tertiary/aromatic N) is 3. The molecule has 79 heavy (non-hydrogen) atoms. The summed E-state index contributed by atoms with van der Waals surface area (Å²) in [6.07, 6.45) is 9.42. The van der Waals surface area contributed by atoms with Gasteiger partial charge in [-0.15, -0.1) is 0 Å². The van der Waals surface area contributed by atoms with Gasteiger partial charge in [0.1, 0.15) is 0 Å². The van der Waals surface area contributed by atoms with E-state index < -0.39 is 51.3 Å². The van der Waals surface area contributed by atoms with E-state index in [1.54, 1.807) is 36.8 Å². The van der Waals surface area contributed by atoms with Crippen LogP contribution in [0.15, 0.2) is 161 Å². The highest BCUT2D eigenvalue weighted by Gasteiger charge is 2.18. The van der Waals surface area contributed by atoms with E-state index in [4.69, 9.17) is 5.11 Å². The summed E-state index contributed by atoms with van der Waals surface area (Å²) in [4.78, 5) is 59.6. The van der Waals surface area contributed by atoms with Gasteiger partial charge in [-0.3, -0.25) is 24.5 Å². The Bertz CT molecular complexity index is 3870. The lowest BCUT2D eigenvalue weighted by Crippen LogP contribution is -2.23. The number of aromatic nitrogens is 3. The largest absolute Gasteiger partial charge is 0.478 e. The monoisotopic (exact) mass is 1350 g/mol. The Morgan fingerprint density at radius 2 is 0.861 bits per heavy atom. The molecule has 3 heterocycles. The molecule has 4 aromatic carbocycles. The highest BCUT2D eigenvalue weighted by molar-refractivity contribution is 9.11. The maximum absolute atomic E-state index is 12.7. The number of carbonyl (C=O) groups excluding carboxylic acids is 3. The molecular formula is C53H52Br3N5O14S4. The fraction of sp³-hybridized carbons (Fsp3) is 0.189. The molecule has 0 atom stereocenters. The van der Waals surface area contributed by atoms with Crippen LogP contribution in [0.25, 0.3) is 11.3 Å². The van der Waals surface area contributed by atoms with Gasteiger partial charge >= 0.3 is 11.9 Å². The number of hydrogen-bond acceptors (Lipinski definition) is 16. The van der Waals surface area contributed by atoms with Crippen LogP contribution in [0.1, 0.15) is 69.5 Å². The zero-order chi connectivity index (χ0) is 59.2. The number of pyridine rings is 3. The third kappa shape index (κ3) is 21.2. The maximum atomic E-state index is 12.7. The molecule has 0 saturated heterocycles. The molecule has 19 nitrogen and oxygen atoms in total. The molecule has 3 N–H and O–H groups in total. The molecule has 2 amide bonds. The minimum Gasteiger partial charge on any atom is -0.478 e. The zero-order valence-corrected chi connectivity index (χ0v) is 51.4. The Morgan fingerprint density at radius 3 is 1.23 bits per heavy atom. The Hall–Kier alpha value is -6.55. The van der Waals surface area contributed by atoms with Crippen LogP contribution < -0.4 is 10.6 Å². The summed E-state index contributed by atoms with van der Waals surface area (Å²) < 4.78 is 98.2. The molecule has 7 aromatic rings. The smallest absolute Gasteiger partial charge is 0.337 e. The van der Waals surface area contributed by atoms with Crippen LogP contribution in [0.3, 0.4) is 0 Å². The summed E-state index contributed by atoms with van der Waals surface area (Å²) in [5, 5.41) is 14.2. The first-order chi connectivity index (χ1) is 36.6. The number of aromatic carboxylic acids is 1. The topological polar surface area (TPSA) is 297 Å². The predicted molar refractivity (Wildman–Crippen MR) is 308 cm³/mol. The van der Waals surface area contributed by atoms with Crippen LogP contribution in [-0.2, 0) is 57.2 Å². The molecule has 418 valence electrons. The van der Waals surface area contributed by atoms with Gasteiger partial charge in [-0.2, -0.15) is 0 Å². The molecule has 0 spiro atoms. The van der Waals surface area contributed by atoms with Gasteiger partial charge in [0.15, 0.2) is 39.3 Å². The molecule has 0 radical (unpaired) electrons. The lowest BCUT2D eigenvalue weighted by molar-refractivity contribution is 0.0599. The summed E-state index contributed by atoms with van der Waals surface area (Å²) in [7, 11) is -12.3. The molecule has 0 fully saturated rings. The van der Waals surface area contributed by atoms with Gasteiger partial charge < -0.3 is 20.5 Å². The average molecular weight is 1350 g/mol. The molecule has 7 rings (SSSR count). The lowest BCUT2D eigenvalue weighted by Gasteiger charge is -2.10. The van der Waals surface area contributed by atoms with E-state index in [1.165, 1.54) is 61.7 Å². The van der Waals surface area contributed by atoms with Crippen molar-refractivity contribution in [1.29, 1.82) is 0 Å². The van der Waals surface area contributed by atoms with E-state index in [0.717, 1.165) is 59.2 Å². The summed E-state index contributed by atoms with van der Waals surface area (Å²) in [6.45, 7) is 6.32. The van der Waals surface area contributed by atoms with E-state index in [2.05, 4.69) is 78.1 Å². The van der Waals surface area contributed by atoms with Gasteiger partial charge in [0, 0.05) is 98.2 Å². The van der Waals surface area contributed by atoms with Crippen molar-refractivity contribution in [2.45, 2.75) is 53.4 Å². The van der Waals surface area contributed by atoms with Gasteiger partial charge in [0.05, 0.1) is 43.5 Å². The first kappa shape index (κ1) is 65.0. The van der Waals surface area contributed by atoms with E-state index in [0.29, 0.717) is 37.8 Å². The standard InChI is InChI=1S/C21H21N3O3S.C15H15BrN2O3S.C9H9BrO4S.C8H7BrO4S/c1-14-4-7-20(23-11-14)17-8-18(10-19(9-17)28(3,26)27)21(25)24-13-16-6-5-15(2)22-12-16;1-10-3-4-11(8-17-10)9-18-15(19)12-5-13(16)7-14(6-12)22(2,20)21;1-14-9(11)6-3-7(10)5-8(4-6)15(2,12)13;1-14(12,13)7-3-5(8(10)11)2-6(9)4-7/h4-12H,13H2,1-3H3,(H,24,25);3-8H,9H2,1-2H3,(H,18,19);3-5H,1-2H3;2-4H,1H3,(H,10,11). The Morgan fingerprint density at radius 1 is 0.481 bits per heavy atom. The quantitative estimate of drug-likeness (QED) is 0.0909. The van der Waals surface area contributed by atoms with Crippen LogP contribution in [0, 0.1) is 20.8 Å². The second kappa shape index (κ2) is 28.0. The molecule has 3 aromatic heterocycles. The number of ether oxygens (including phenoxy) is 1. The third-order valence-corrected chi connectivity index (χ3v) is 16.2. The highest BCUT2D eigenvalue weighted by Crippen LogP contribution is 2.25. The van der Waals surface area contributed by atoms with Crippen molar-refractivity contribution in [3.8, 4) is 11.3 Å². The summed E-state index contributed by atoms with van der Waals surface area (Å²) in [5.74, 6) is -2.43. The number of hydrogen-bond donors (Lipinski definition) is 3. The molecule has 0 aliphatic carbocycles. The number of carboxylic acid groups (broad SMARTS) is 1. The average Bonchev–Trinajstić information content (AvgIpc) is 3.38. The number of benzene rings is 4. The van der Waals surface area contributed by atoms with Crippen molar-refractivity contribution in [3.05, 3.63) is 192 Å². The van der Waals surface area contributed by atoms with Crippen molar-refractivity contribution in [2.75, 3.05) is 32.1 Å². The van der Waals surface area contributed by atoms with Gasteiger partial charge in [0.2, 0.25) is 0 Å². The number of sulfone groups is 4. The molecule has 0 saturated carbocycles. The summed E-state index contributed by atoms with van der Waals surface area (Å²) >= 11 is 9.40. The van der Waals surface area contributed by atoms with Crippen molar-refractivity contribution >= 4 is 111 Å². The predicted octanol–water partition coefficient (Wildman–Crippen LogP) is 8.77. The number of aryl methyl sites for hydroxylation is 3. The van der Waals surface area contributed by atoms with Crippen LogP contribution in [0.5, 0.6) is 0 Å². The van der Waals surface area contributed by atoms with Crippen molar-refractivity contribution in [2.24, 2.45) is 0 Å². The fourth-order valence-corrected chi connectivity index (χ4v) is 11.0. The molecule has 26 heteroatoms. The van der Waals surface area contributed by atoms with Gasteiger partial charge in [-0.05, 0) is 128 Å². The Labute approximate surface area is 483 Å². The number of methoxy groups -OCH3 is 1. The number of nitrogens with one attached hydrogen (secondary N) is 2. The molecule has 0 bridgehead atoms. The van der Waals surface area contributed by atoms with Crippen molar-refractivity contribution < 1.29 is 62.7 Å². The number of halogens is 3. The number of esters is 1. The van der Waals surface area contributed by atoms with Gasteiger partial charge in [-0.1, -0.05) is 66.0 Å². The molecule has 0 aliphatic rings. The lowest BCUT2D eigenvalue weighted by atomic mass is 10.1. The minimum absolute atomic E-state index is 0.00993. The van der Waals surface area contributed by atoms with E-state index in [-0.39, 0.29) is 53.7 Å². The van der Waals surface area contributed by atoms with Crippen molar-refractivity contribution in [3.63, 3.8) is 0 Å². The van der Waals surface area contributed by atoms with Gasteiger partial charge in [0.25, 0.3) is 11.8 Å². The Balaban J connectivity index is 0.000000236. The van der Waals surface area contributed by atoms with Gasteiger partial charge in [-0.25, -0.2) is 43.3 Å².